The van der Waals surface area contributed by atoms with Gasteiger partial charge in [0.05, 0.1) is 18.0 Å². The summed E-state index contributed by atoms with van der Waals surface area (Å²) >= 11 is 0. The molecule has 162 valence electrons. The highest BCUT2D eigenvalue weighted by Gasteiger charge is 2.33. The molecule has 2 rings (SSSR count). The van der Waals surface area contributed by atoms with Crippen molar-refractivity contribution in [3.05, 3.63) is 77.8 Å². The second-order valence-electron chi connectivity index (χ2n) is 6.49. The Bertz CT molecular complexity index is 1010. The van der Waals surface area contributed by atoms with Crippen molar-refractivity contribution in [3.8, 4) is 5.75 Å². The Morgan fingerprint density at radius 1 is 1.19 bits per heavy atom. The molecule has 0 spiro atoms. The summed E-state index contributed by atoms with van der Waals surface area (Å²) in [6.07, 6.45) is 1.02. The van der Waals surface area contributed by atoms with E-state index in [1.165, 1.54) is 13.2 Å². The number of ketones is 1. The number of esters is 1. The molecule has 2 aromatic rings. The number of benzene rings is 2. The number of aryl methyl sites for hydroxylation is 1. The number of hydrogen-bond donors (Lipinski definition) is 1. The lowest BCUT2D eigenvalue weighted by molar-refractivity contribution is -0.141. The van der Waals surface area contributed by atoms with Gasteiger partial charge in [-0.25, -0.2) is 13.7 Å². The minimum atomic E-state index is -1.64. The first-order chi connectivity index (χ1) is 14.9. The van der Waals surface area contributed by atoms with Gasteiger partial charge in [0, 0.05) is 6.42 Å². The van der Waals surface area contributed by atoms with Crippen LogP contribution in [-0.2, 0) is 25.3 Å². The maximum Gasteiger partial charge on any atom is 0.441 e. The zero-order chi connectivity index (χ0) is 22.8. The molecule has 0 aliphatic rings. The monoisotopic (exact) mass is 441 g/mol. The van der Waals surface area contributed by atoms with E-state index in [1.807, 2.05) is 19.1 Å². The van der Waals surface area contributed by atoms with E-state index in [2.05, 4.69) is 16.1 Å². The van der Waals surface area contributed by atoms with Crippen LogP contribution in [0.4, 0.5) is 0 Å². The Balaban J connectivity index is 2.28. The van der Waals surface area contributed by atoms with Crippen molar-refractivity contribution in [2.24, 2.45) is 0 Å². The molecule has 31 heavy (non-hydrogen) atoms. The molecular weight excluding hydrogens is 418 g/mol. The second kappa shape index (κ2) is 11.7. The van der Waals surface area contributed by atoms with Crippen LogP contribution in [0.5, 0.6) is 5.75 Å². The van der Waals surface area contributed by atoms with Gasteiger partial charge in [-0.15, -0.1) is 0 Å². The molecule has 8 nitrogen and oxygen atoms in total. The fraction of sp³-hybridized carbons (Fsp3) is 0.227. The molecule has 0 aliphatic heterocycles. The summed E-state index contributed by atoms with van der Waals surface area (Å²) < 4.78 is 25.7. The van der Waals surface area contributed by atoms with E-state index in [4.69, 9.17) is 15.0 Å². The minimum Gasteiger partial charge on any atom is -0.497 e. The Hall–Kier alpha value is -3.39. The lowest BCUT2D eigenvalue weighted by Crippen LogP contribution is -2.32. The fourth-order valence-corrected chi connectivity index (χ4v) is 3.62. The molecule has 0 aromatic heterocycles. The van der Waals surface area contributed by atoms with E-state index >= 15 is 0 Å². The van der Waals surface area contributed by atoms with Crippen molar-refractivity contribution in [1.82, 2.24) is 4.72 Å². The molecular formula is C22H23N3O5S. The quantitative estimate of drug-likeness (QED) is 0.144. The first-order valence-electron chi connectivity index (χ1n) is 9.31. The van der Waals surface area contributed by atoms with Crippen LogP contribution >= 0.6 is 0 Å². The number of hydrogen-bond acceptors (Lipinski definition) is 5. The summed E-state index contributed by atoms with van der Waals surface area (Å²) in [6, 6.07) is 13.2. The number of ether oxygens (including phenoxy) is 2. The van der Waals surface area contributed by atoms with E-state index in [9.17, 15) is 13.8 Å². The van der Waals surface area contributed by atoms with Crippen LogP contribution in [0.25, 0.3) is 5.53 Å². The Morgan fingerprint density at radius 2 is 1.84 bits per heavy atom. The zero-order valence-electron chi connectivity index (χ0n) is 17.2. The van der Waals surface area contributed by atoms with Gasteiger partial charge in [-0.2, -0.15) is 4.79 Å². The van der Waals surface area contributed by atoms with Crippen LogP contribution in [-0.4, -0.2) is 40.2 Å². The molecule has 0 unspecified atom stereocenters. The smallest absolute Gasteiger partial charge is 0.441 e. The van der Waals surface area contributed by atoms with Gasteiger partial charge >= 0.3 is 11.7 Å². The van der Waals surface area contributed by atoms with Gasteiger partial charge in [0.1, 0.15) is 23.3 Å². The van der Waals surface area contributed by atoms with E-state index in [0.29, 0.717) is 16.2 Å². The Kier molecular flexibility index (Phi) is 9.02. The fourth-order valence-electron chi connectivity index (χ4n) is 2.62. The van der Waals surface area contributed by atoms with Gasteiger partial charge in [-0.05, 0) is 36.8 Å². The summed E-state index contributed by atoms with van der Waals surface area (Å²) in [5, 5.41) is 0. The van der Waals surface area contributed by atoms with Gasteiger partial charge < -0.3 is 15.0 Å². The number of carbonyl (C=O) groups excluding carboxylic acids is 2. The summed E-state index contributed by atoms with van der Waals surface area (Å²) in [6.45, 7) is 5.19. The molecule has 0 bridgehead atoms. The average Bonchev–Trinajstić information content (AvgIpc) is 2.78. The van der Waals surface area contributed by atoms with E-state index < -0.39 is 34.5 Å². The van der Waals surface area contributed by atoms with Gasteiger partial charge in [0.25, 0.3) is 5.78 Å². The van der Waals surface area contributed by atoms with Crippen LogP contribution in [0, 0.1) is 6.92 Å². The van der Waals surface area contributed by atoms with Crippen LogP contribution in [0.1, 0.15) is 23.6 Å². The first kappa shape index (κ1) is 23.9. The number of rotatable bonds is 11. The summed E-state index contributed by atoms with van der Waals surface area (Å²) in [4.78, 5) is 28.0. The molecule has 0 amide bonds. The van der Waals surface area contributed by atoms with Gasteiger partial charge in [-0.1, -0.05) is 42.5 Å². The van der Waals surface area contributed by atoms with Crippen molar-refractivity contribution in [3.63, 3.8) is 0 Å². The molecule has 0 saturated heterocycles. The molecule has 9 heteroatoms. The molecule has 0 aliphatic carbocycles. The van der Waals surface area contributed by atoms with E-state index in [-0.39, 0.29) is 13.0 Å². The van der Waals surface area contributed by atoms with Crippen molar-refractivity contribution in [1.29, 1.82) is 0 Å². The van der Waals surface area contributed by atoms with Crippen LogP contribution in [0.3, 0.4) is 0 Å². The van der Waals surface area contributed by atoms with Gasteiger partial charge in [0.15, 0.2) is 0 Å². The third-order valence-electron chi connectivity index (χ3n) is 4.28. The zero-order valence-corrected chi connectivity index (χ0v) is 18.1. The SMILES string of the molecule is C=CCOC(=O)C(=[N+]=[N-])C(=O)C[C@@H](N[S@@](=O)c1ccc(C)cc1)c1ccc(OC)cc1. The molecule has 0 radical (unpaired) electrons. The maximum absolute atomic E-state index is 12.8. The van der Waals surface area contributed by atoms with Crippen molar-refractivity contribution in [2.75, 3.05) is 13.7 Å². The highest BCUT2D eigenvalue weighted by molar-refractivity contribution is 7.83. The number of methoxy groups -OCH3 is 1. The average molecular weight is 442 g/mol. The normalized spacial score (nSPS) is 12.2. The topological polar surface area (TPSA) is 118 Å². The van der Waals surface area contributed by atoms with Crippen LogP contribution < -0.4 is 9.46 Å². The summed E-state index contributed by atoms with van der Waals surface area (Å²) in [5.74, 6) is -1.23. The minimum absolute atomic E-state index is 0.136. The third kappa shape index (κ3) is 6.82. The van der Waals surface area contributed by atoms with Gasteiger partial charge in [-0.3, -0.25) is 4.79 Å². The maximum atomic E-state index is 12.8. The molecule has 0 heterocycles. The van der Waals surface area contributed by atoms with E-state index in [1.54, 1.807) is 36.4 Å². The molecule has 1 N–H and O–H groups in total. The van der Waals surface area contributed by atoms with Crippen molar-refractivity contribution >= 4 is 28.4 Å². The molecule has 2 aromatic carbocycles. The summed E-state index contributed by atoms with van der Waals surface area (Å²) in [5.41, 5.74) is 10.0. The van der Waals surface area contributed by atoms with Crippen LogP contribution in [0.15, 0.2) is 66.1 Å². The number of nitrogens with zero attached hydrogens (tertiary/aromatic N) is 2. The summed E-state index contributed by atoms with van der Waals surface area (Å²) in [7, 11) is -0.114. The van der Waals surface area contributed by atoms with Crippen molar-refractivity contribution < 1.29 is 28.1 Å². The molecule has 2 atom stereocenters. The largest absolute Gasteiger partial charge is 0.497 e. The lowest BCUT2D eigenvalue weighted by atomic mass is 10.00. The highest BCUT2D eigenvalue weighted by Crippen LogP contribution is 2.22. The van der Waals surface area contributed by atoms with E-state index in [0.717, 1.165) is 5.56 Å². The first-order valence-corrected chi connectivity index (χ1v) is 10.5. The highest BCUT2D eigenvalue weighted by atomic mass is 32.2. The predicted octanol–water partition coefficient (Wildman–Crippen LogP) is 2.72. The van der Waals surface area contributed by atoms with Crippen molar-refractivity contribution in [2.45, 2.75) is 24.3 Å². The second-order valence-corrected chi connectivity index (χ2v) is 7.73. The third-order valence-corrected chi connectivity index (χ3v) is 5.48. The Morgan fingerprint density at radius 3 is 2.39 bits per heavy atom. The lowest BCUT2D eigenvalue weighted by Gasteiger charge is -2.18. The Labute approximate surface area is 183 Å². The number of Topliss-reactive ketones (excluding diaryl/α,β-unsaturated/α-hetero) is 1. The van der Waals surface area contributed by atoms with Crippen LogP contribution in [0.2, 0.25) is 0 Å². The van der Waals surface area contributed by atoms with Gasteiger partial charge in [0.2, 0.25) is 0 Å². The standard InChI is InChI=1S/C22H23N3O5S/c1-4-13-30-22(27)21(24-23)20(26)14-19(16-7-9-17(29-3)10-8-16)25-31(28)18-11-5-15(2)6-12-18/h4-12,19,25H,1,13-14H2,2-3H3/t19-,31+/m1/s1. The molecule has 0 saturated carbocycles. The number of carbonyl (C=O) groups is 2. The molecule has 0 fully saturated rings. The predicted molar refractivity (Wildman–Crippen MR) is 116 cm³/mol. The number of nitrogens with one attached hydrogen (secondary N) is 1.